The second-order valence-corrected chi connectivity index (χ2v) is 14.5. The lowest BCUT2D eigenvalue weighted by atomic mass is 10.3. The van der Waals surface area contributed by atoms with E-state index in [1.165, 1.54) is 13.2 Å². The van der Waals surface area contributed by atoms with E-state index in [1.807, 2.05) is 5.32 Å². The molecular formula is C21H31ClFN4O8PS3. The summed E-state index contributed by atoms with van der Waals surface area (Å²) in [6, 6.07) is 2.64. The minimum Gasteiger partial charge on any atom is -0.778 e. The molecule has 2 heterocycles. The number of benzene rings is 1. The summed E-state index contributed by atoms with van der Waals surface area (Å²) in [5, 5.41) is 10.2. The highest BCUT2D eigenvalue weighted by Crippen LogP contribution is 2.33. The molecule has 0 aliphatic carbocycles. The molecule has 1 atom stereocenters. The van der Waals surface area contributed by atoms with Gasteiger partial charge >= 0.3 is 16.8 Å². The molecule has 2 aromatic rings. The molecule has 0 amide bonds. The molecule has 1 aromatic carbocycles. The predicted molar refractivity (Wildman–Crippen MR) is 151 cm³/mol. The molecule has 0 fully saturated rings. The molecule has 0 saturated carbocycles. The number of fused-ring (bicyclic) bond motifs is 1. The zero-order chi connectivity index (χ0) is 29.8. The van der Waals surface area contributed by atoms with E-state index < -0.39 is 38.2 Å². The van der Waals surface area contributed by atoms with Gasteiger partial charge in [0, 0.05) is 18.0 Å². The van der Waals surface area contributed by atoms with Gasteiger partial charge in [0.2, 0.25) is 4.80 Å². The van der Waals surface area contributed by atoms with E-state index in [1.54, 1.807) is 9.36 Å². The summed E-state index contributed by atoms with van der Waals surface area (Å²) >= 11 is 8.17. The number of carboxylic acid groups (broad SMARTS) is 1. The number of thioether (sulfide) groups is 1. The highest BCUT2D eigenvalue weighted by atomic mass is 35.5. The van der Waals surface area contributed by atoms with Crippen molar-refractivity contribution in [2.24, 2.45) is 4.99 Å². The summed E-state index contributed by atoms with van der Waals surface area (Å²) in [6.07, 6.45) is 7.77. The summed E-state index contributed by atoms with van der Waals surface area (Å²) in [7, 11) is -2.41. The van der Waals surface area contributed by atoms with Crippen molar-refractivity contribution in [2.45, 2.75) is 30.8 Å². The molecule has 0 radical (unpaired) electrons. The Morgan fingerprint density at radius 2 is 1.90 bits per heavy atom. The zero-order valence-electron chi connectivity index (χ0n) is 21.7. The van der Waals surface area contributed by atoms with Crippen molar-refractivity contribution in [2.75, 3.05) is 44.5 Å². The number of carboxylic acids is 1. The average Bonchev–Trinajstić information content (AvgIpc) is 3.14. The van der Waals surface area contributed by atoms with Crippen LogP contribution in [0.3, 0.4) is 0 Å². The molecule has 12 nitrogen and oxygen atoms in total. The molecule has 39 heavy (non-hydrogen) atoms. The van der Waals surface area contributed by atoms with E-state index >= 15 is 0 Å². The molecule has 0 spiro atoms. The summed E-state index contributed by atoms with van der Waals surface area (Å²) in [5.74, 6) is -2.10. The van der Waals surface area contributed by atoms with Crippen LogP contribution in [0.15, 0.2) is 26.8 Å². The van der Waals surface area contributed by atoms with Gasteiger partial charge in [-0.2, -0.15) is 0 Å². The number of rotatable bonds is 8. The molecular weight excluding hydrogens is 618 g/mol. The lowest BCUT2D eigenvalue weighted by Crippen LogP contribution is -2.31. The molecule has 0 bridgehead atoms. The Morgan fingerprint density at radius 1 is 1.31 bits per heavy atom. The number of methoxy groups -OCH3 is 1. The van der Waals surface area contributed by atoms with E-state index in [-0.39, 0.29) is 21.3 Å². The summed E-state index contributed by atoms with van der Waals surface area (Å²) in [6.45, 7) is 0.845. The number of aliphatic carboxylic acids is 1. The third-order valence-corrected chi connectivity index (χ3v) is 7.22. The number of nitrogens with zero attached hydrogens (tertiary/aromatic N) is 3. The first-order chi connectivity index (χ1) is 18.1. The van der Waals surface area contributed by atoms with Gasteiger partial charge in [-0.15, -0.1) is 11.8 Å². The zero-order valence-corrected chi connectivity index (χ0v) is 25.8. The van der Waals surface area contributed by atoms with E-state index in [4.69, 9.17) is 21.6 Å². The Hall–Kier alpha value is -1.65. The Balaban J connectivity index is 0.000000453. The van der Waals surface area contributed by atoms with Gasteiger partial charge in [-0.1, -0.05) is 11.6 Å². The molecule has 3 rings (SSSR count). The van der Waals surface area contributed by atoms with Gasteiger partial charge in [0.1, 0.15) is 19.1 Å². The van der Waals surface area contributed by atoms with Crippen molar-refractivity contribution in [1.29, 1.82) is 0 Å². The number of halogens is 2. The van der Waals surface area contributed by atoms with Crippen LogP contribution in [0.2, 0.25) is 5.02 Å². The fourth-order valence-corrected chi connectivity index (χ4v) is 5.12. The molecule has 0 saturated heterocycles. The molecule has 18 heteroatoms. The van der Waals surface area contributed by atoms with Gasteiger partial charge in [0.15, 0.2) is 0 Å². The van der Waals surface area contributed by atoms with Gasteiger partial charge < -0.3 is 24.2 Å². The maximum absolute atomic E-state index is 14.3. The summed E-state index contributed by atoms with van der Waals surface area (Å²) < 4.78 is 32.2. The Bertz CT molecular complexity index is 1290. The van der Waals surface area contributed by atoms with Gasteiger partial charge in [0.25, 0.3) is 0 Å². The molecule has 1 aliphatic rings. The fourth-order valence-electron chi connectivity index (χ4n) is 2.73. The van der Waals surface area contributed by atoms with Crippen molar-refractivity contribution >= 4 is 70.8 Å². The lowest BCUT2D eigenvalue weighted by Gasteiger charge is -2.15. The van der Waals surface area contributed by atoms with Crippen molar-refractivity contribution in [3.05, 3.63) is 37.4 Å². The quantitative estimate of drug-likeness (QED) is 0.164. The Morgan fingerprint density at radius 3 is 2.44 bits per heavy atom. The van der Waals surface area contributed by atoms with Gasteiger partial charge in [-0.25, -0.2) is 14.1 Å². The van der Waals surface area contributed by atoms with Crippen molar-refractivity contribution in [3.8, 4) is 0 Å². The fraction of sp³-hybridized carbons (Fsp3) is 0.524. The van der Waals surface area contributed by atoms with E-state index in [0.29, 0.717) is 33.7 Å². The average molecular weight is 649 g/mol. The smallest absolute Gasteiger partial charge is 0.325 e. The monoisotopic (exact) mass is 648 g/mol. The topological polar surface area (TPSA) is 175 Å². The molecule has 1 aromatic heterocycles. The first-order valence-corrected chi connectivity index (χ1v) is 17.5. The van der Waals surface area contributed by atoms with Crippen molar-refractivity contribution in [3.63, 3.8) is 0 Å². The second-order valence-electron chi connectivity index (χ2n) is 8.16. The highest BCUT2D eigenvalue weighted by Gasteiger charge is 2.15. The predicted octanol–water partition coefficient (Wildman–Crippen LogP) is 1.45. The lowest BCUT2D eigenvalue weighted by molar-refractivity contribution is -0.193. The van der Waals surface area contributed by atoms with Crippen LogP contribution in [0, 0.1) is 5.82 Å². The summed E-state index contributed by atoms with van der Waals surface area (Å²) in [4.78, 5) is 56.3. The second kappa shape index (κ2) is 17.2. The number of esters is 1. The number of hydrogen-bond donors (Lipinski definition) is 3. The van der Waals surface area contributed by atoms with E-state index in [9.17, 15) is 28.2 Å². The highest BCUT2D eigenvalue weighted by molar-refractivity contribution is 8.00. The van der Waals surface area contributed by atoms with Crippen molar-refractivity contribution < 1.29 is 38.2 Å². The third-order valence-electron chi connectivity index (χ3n) is 4.27. The Labute approximate surface area is 240 Å². The third kappa shape index (κ3) is 14.0. The van der Waals surface area contributed by atoms with Crippen LogP contribution in [0.5, 0.6) is 0 Å². The number of hydrogen-bond acceptors (Lipinski definition) is 10. The normalized spacial score (nSPS) is 14.3. The Kier molecular flexibility index (Phi) is 15.6. The van der Waals surface area contributed by atoms with E-state index in [0.717, 1.165) is 42.0 Å². The number of nitrogens with one attached hydrogen (secondary N) is 1. The largest absolute Gasteiger partial charge is 0.778 e. The first-order valence-electron chi connectivity index (χ1n) is 11.1. The maximum Gasteiger partial charge on any atom is 0.325 e. The minimum atomic E-state index is -4.35. The maximum atomic E-state index is 14.3. The summed E-state index contributed by atoms with van der Waals surface area (Å²) in [5.41, 5.74) is 0.0829. The molecule has 1 aliphatic heterocycles. The van der Waals surface area contributed by atoms with Crippen LogP contribution in [0.25, 0.3) is 0 Å². The van der Waals surface area contributed by atoms with Gasteiger partial charge in [-0.05, 0) is 47.2 Å². The minimum absolute atomic E-state index is 0.0605. The van der Waals surface area contributed by atoms with Gasteiger partial charge in [-0.3, -0.25) is 24.4 Å². The number of carbonyl (C=O) groups is 2. The standard InChI is InChI=1S/C15H15ClFN3O3S2.C3H8NO5P.C3H9S/c1-23-13(21)8-24-12-7-11(10(17)6-9(12)16)18-14-19-4-2-3-5-20(19)15(22)25-14;5-3(6)1-4-2-10(7,8)9;1-4(2)3/h6-7H,2-5,8H2,1H3;4H,1-2H2,(H,5,6)(H2,7,8,9);1-3H3/q;;+1/p-1. The van der Waals surface area contributed by atoms with Crippen LogP contribution in [0.4, 0.5) is 10.1 Å². The van der Waals surface area contributed by atoms with Gasteiger partial charge in [0.05, 0.1) is 49.5 Å². The SMILES string of the molecule is COC(=O)CSc1cc(N=c2sc(=O)n3n2CCCC3)c(F)cc1Cl.C[S+](C)C.O=C(O)CNCP(=O)([O-])O. The van der Waals surface area contributed by atoms with Crippen LogP contribution in [-0.4, -0.2) is 75.8 Å². The van der Waals surface area contributed by atoms with Crippen LogP contribution < -0.4 is 19.9 Å². The van der Waals surface area contributed by atoms with Crippen LogP contribution in [0.1, 0.15) is 12.8 Å². The van der Waals surface area contributed by atoms with Crippen molar-refractivity contribution in [1.82, 2.24) is 14.7 Å². The first kappa shape index (κ1) is 35.4. The number of ether oxygens (including phenoxy) is 1. The molecule has 220 valence electrons. The van der Waals surface area contributed by atoms with Crippen LogP contribution >= 0.6 is 42.3 Å². The number of aromatic nitrogens is 2. The molecule has 3 N–H and O–H groups in total. The van der Waals surface area contributed by atoms with E-state index in [2.05, 4.69) is 28.5 Å². The number of carbonyl (C=O) groups excluding carboxylic acids is 1. The van der Waals surface area contributed by atoms with Crippen LogP contribution in [-0.2, 0) is 42.9 Å². The molecule has 1 unspecified atom stereocenters.